The molecule has 103 heavy (non-hydrogen) atoms. The van der Waals surface area contributed by atoms with Crippen LogP contribution in [0.4, 0.5) is 14.4 Å². The maximum atomic E-state index is 13.6. The second kappa shape index (κ2) is 33.2. The Labute approximate surface area is 621 Å². The smallest absolute Gasteiger partial charge is 0.437 e. The van der Waals surface area contributed by atoms with Gasteiger partial charge >= 0.3 is 61.3 Å². The van der Waals surface area contributed by atoms with Crippen LogP contribution in [0.2, 0.25) is 124 Å². The number of hydrogen-bond donors (Lipinski definition) is 0. The third-order valence-corrected chi connectivity index (χ3v) is 42.4. The number of ether oxygens (including phenoxy) is 6. The molecule has 24 heteroatoms. The van der Waals surface area contributed by atoms with Crippen LogP contribution in [0.25, 0.3) is 11.1 Å². The number of fused-ring (bicyclic) bond motifs is 3. The van der Waals surface area contributed by atoms with Crippen molar-refractivity contribution in [3.05, 3.63) is 238 Å². The summed E-state index contributed by atoms with van der Waals surface area (Å²) in [6.45, 7) is 52.4. The highest BCUT2D eigenvalue weighted by Gasteiger charge is 2.48. The monoisotopic (exact) mass is 1540 g/mol. The molecule has 0 atom stereocenters. The quantitative estimate of drug-likeness (QED) is 0.0336. The Bertz CT molecular complexity index is 4180. The second-order valence-electron chi connectivity index (χ2n) is 31.5. The van der Waals surface area contributed by atoms with Crippen LogP contribution in [-0.4, -0.2) is 93.3 Å². The molecule has 0 saturated heterocycles. The second-order valence-corrected chi connectivity index (χ2v) is 63.5. The minimum absolute atomic E-state index is 0.308. The molecule has 1 aliphatic carbocycles. The van der Waals surface area contributed by atoms with Gasteiger partial charge in [-0.2, -0.15) is 0 Å². The summed E-state index contributed by atoms with van der Waals surface area (Å²) >= 11 is 0. The molecule has 0 heterocycles. The van der Waals surface area contributed by atoms with Crippen molar-refractivity contribution in [1.82, 2.24) is 0 Å². The number of para-hydroxylation sites is 2. The van der Waals surface area contributed by atoms with Crippen molar-refractivity contribution in [3.63, 3.8) is 0 Å². The Morgan fingerprint density at radius 3 is 0.922 bits per heavy atom. The predicted molar refractivity (Wildman–Crippen MR) is 432 cm³/mol. The van der Waals surface area contributed by atoms with Crippen molar-refractivity contribution in [2.24, 2.45) is 0 Å². The molecule has 8 aromatic rings. The molecule has 1 aliphatic rings. The summed E-state index contributed by atoms with van der Waals surface area (Å²) in [5.74, 6) is 2.19. The molecule has 0 spiro atoms. The van der Waals surface area contributed by atoms with E-state index in [4.69, 9.17) is 57.5 Å². The Morgan fingerprint density at radius 2 is 0.592 bits per heavy atom. The summed E-state index contributed by atoms with van der Waals surface area (Å²) in [4.78, 5) is 39.4. The van der Waals surface area contributed by atoms with Crippen LogP contribution in [0, 0.1) is 27.7 Å². The molecule has 8 aromatic carbocycles. The van der Waals surface area contributed by atoms with E-state index < -0.39 is 97.1 Å². The van der Waals surface area contributed by atoms with Gasteiger partial charge in [-0.25, -0.2) is 14.4 Å². The van der Waals surface area contributed by atoms with Crippen molar-refractivity contribution in [2.45, 2.75) is 177 Å². The van der Waals surface area contributed by atoms with E-state index in [2.05, 4.69) is 149 Å². The van der Waals surface area contributed by atoms with E-state index in [0.717, 1.165) is 66.8 Å². The zero-order valence-corrected chi connectivity index (χ0v) is 73.4. The predicted octanol–water partition coefficient (Wildman–Crippen LogP) is 22.1. The summed E-state index contributed by atoms with van der Waals surface area (Å²) in [7, 11) is -13.4. The Balaban J connectivity index is 0.000000348. The fraction of sp³-hybridized carbons (Fsp3) is 0.354. The van der Waals surface area contributed by atoms with Crippen LogP contribution in [0.15, 0.2) is 182 Å². The third-order valence-electron chi connectivity index (χ3n) is 16.3. The topological polar surface area (TPSA) is 171 Å². The third kappa shape index (κ3) is 23.8. The van der Waals surface area contributed by atoms with Crippen molar-refractivity contribution >= 4 is 86.2 Å². The van der Waals surface area contributed by atoms with Gasteiger partial charge in [0, 0.05) is 12.5 Å². The van der Waals surface area contributed by atoms with Crippen LogP contribution in [0.3, 0.4) is 0 Å². The van der Waals surface area contributed by atoms with E-state index in [-0.39, 0.29) is 0 Å². The SMILES string of the molecule is CO[Si](C)(C)O[Si](C)(C)O[Si](C)(C)O[Si](C)(C)C.C[Si](C)(C)O[Si](C)(C)O[Si](C)(C)O[Si](C)(C)C.Cc1ccccc1OC(=O)Oc1ccc(C(C)(C)c2ccc(OC(=O)Oc3cc(C4(c5ccc(C)c(OC(=O)Oc6ccccc6C)c5)c5ccccc5-c5ccccc54)ccc3C)cc2)cc1. The minimum atomic E-state index is -2.20. The number of aryl methyl sites for hydroxylation is 4. The van der Waals surface area contributed by atoms with Gasteiger partial charge in [0.25, 0.3) is 0 Å². The lowest BCUT2D eigenvalue weighted by Gasteiger charge is -2.39. The lowest BCUT2D eigenvalue weighted by Crippen LogP contribution is -2.56. The van der Waals surface area contributed by atoms with Gasteiger partial charge in [-0.15, -0.1) is 0 Å². The van der Waals surface area contributed by atoms with Gasteiger partial charge in [0.05, 0.1) is 5.41 Å². The van der Waals surface area contributed by atoms with Gasteiger partial charge in [-0.05, 0) is 267 Å². The molecule has 0 amide bonds. The first-order valence-electron chi connectivity index (χ1n) is 34.8. The first-order valence-corrected chi connectivity index (χ1v) is 59.1. The molecule has 0 N–H and O–H groups in total. The summed E-state index contributed by atoms with van der Waals surface area (Å²) in [6, 6.07) is 57.2. The maximum Gasteiger partial charge on any atom is 0.519 e. The number of rotatable bonds is 23. The molecule has 0 unspecified atom stereocenters. The molecule has 0 bridgehead atoms. The Morgan fingerprint density at radius 1 is 0.311 bits per heavy atom. The van der Waals surface area contributed by atoms with Crippen molar-refractivity contribution in [2.75, 3.05) is 7.11 Å². The van der Waals surface area contributed by atoms with Gasteiger partial charge in [0.1, 0.15) is 34.5 Å². The summed E-state index contributed by atoms with van der Waals surface area (Å²) in [6.07, 6.45) is -2.56. The van der Waals surface area contributed by atoms with Crippen molar-refractivity contribution in [3.8, 4) is 45.6 Å². The van der Waals surface area contributed by atoms with E-state index in [0.29, 0.717) is 34.5 Å². The van der Waals surface area contributed by atoms with Gasteiger partial charge < -0.3 is 57.5 Å². The van der Waals surface area contributed by atoms with Gasteiger partial charge in [-0.1, -0.05) is 147 Å². The normalized spacial score (nSPS) is 13.2. The molecular formula is C79H108O16Si8. The largest absolute Gasteiger partial charge is 0.519 e. The molecule has 16 nitrogen and oxygen atoms in total. The van der Waals surface area contributed by atoms with Crippen LogP contribution in [0.1, 0.15) is 69.5 Å². The summed E-state index contributed by atoms with van der Waals surface area (Å²) in [5.41, 5.74) is 9.47. The van der Waals surface area contributed by atoms with Crippen LogP contribution < -0.4 is 28.4 Å². The van der Waals surface area contributed by atoms with E-state index >= 15 is 0 Å². The lowest BCUT2D eigenvalue weighted by atomic mass is 9.67. The van der Waals surface area contributed by atoms with Crippen LogP contribution in [-0.2, 0) is 39.9 Å². The van der Waals surface area contributed by atoms with E-state index in [1.807, 2.05) is 150 Å². The fourth-order valence-electron chi connectivity index (χ4n) is 13.0. The van der Waals surface area contributed by atoms with Gasteiger partial charge in [0.2, 0.25) is 0 Å². The molecule has 552 valence electrons. The Kier molecular flexibility index (Phi) is 26.9. The van der Waals surface area contributed by atoms with Crippen molar-refractivity contribution in [1.29, 1.82) is 0 Å². The zero-order valence-electron chi connectivity index (χ0n) is 65.4. The molecular weight excluding hydrogens is 1430 g/mol. The minimum Gasteiger partial charge on any atom is -0.437 e. The fourth-order valence-corrected chi connectivity index (χ4v) is 47.4. The standard InChI is InChI=1S/C59H48O9.C10H30O4Si4.C10H30O3Si4/c1-37-15-7-13-21-51(37)65-55(60)63-45-31-27-41(28-32-45)58(5,6)42-29-33-46(34-30-42)64-56(61)67-53-35-43(25-23-39(53)3)59(49-19-11-9-17-47(49)48-18-10-12-20-50(48)59)44-26-24-40(4)54(36-44)68-57(62)66-52-22-14-8-16-38(52)2;1-11-16(5,6)13-18(9,10)14-17(7,8)12-15(2,3)4;1-14(2,3)11-16(7,8)13-17(9,10)12-15(4,5)6/h7-36H,1-6H3;1-10H3;1-10H3. The highest BCUT2D eigenvalue weighted by molar-refractivity contribution is 6.89. The number of hydrogen-bond acceptors (Lipinski definition) is 16. The zero-order chi connectivity index (χ0) is 76.5. The average Bonchev–Trinajstić information content (AvgIpc) is 1.55. The lowest BCUT2D eigenvalue weighted by molar-refractivity contribution is 0.150. The summed E-state index contributed by atoms with van der Waals surface area (Å²) in [5, 5.41) is 0. The van der Waals surface area contributed by atoms with E-state index in [1.54, 1.807) is 55.6 Å². The molecule has 0 fully saturated rings. The van der Waals surface area contributed by atoms with E-state index in [9.17, 15) is 14.4 Å². The van der Waals surface area contributed by atoms with Crippen molar-refractivity contribution < 1.29 is 71.9 Å². The summed E-state index contributed by atoms with van der Waals surface area (Å²) < 4.78 is 76.9. The van der Waals surface area contributed by atoms with E-state index in [1.165, 1.54) is 0 Å². The maximum absolute atomic E-state index is 13.6. The Hall–Kier alpha value is -6.97. The van der Waals surface area contributed by atoms with Crippen LogP contribution in [0.5, 0.6) is 34.5 Å². The first-order chi connectivity index (χ1) is 47.6. The number of carbonyl (C=O) groups excluding carboxylic acids is 3. The highest BCUT2D eigenvalue weighted by Crippen LogP contribution is 2.57. The molecule has 9 rings (SSSR count). The molecule has 0 aromatic heterocycles. The molecule has 0 saturated carbocycles. The van der Waals surface area contributed by atoms with Gasteiger partial charge in [-0.3, -0.25) is 0 Å². The average molecular weight is 1540 g/mol. The number of benzene rings is 8. The molecule has 0 aliphatic heterocycles. The first kappa shape index (κ1) is 83.3. The van der Waals surface area contributed by atoms with Crippen LogP contribution >= 0.6 is 0 Å². The molecule has 0 radical (unpaired) electrons. The highest BCUT2D eigenvalue weighted by atomic mass is 28.5. The number of carbonyl (C=O) groups is 3. The van der Waals surface area contributed by atoms with Gasteiger partial charge in [0.15, 0.2) is 25.0 Å².